The first-order valence-electron chi connectivity index (χ1n) is 6.40. The summed E-state index contributed by atoms with van der Waals surface area (Å²) in [6.07, 6.45) is 0.851. The van der Waals surface area contributed by atoms with Crippen molar-refractivity contribution in [2.45, 2.75) is 6.42 Å². The number of aromatic nitrogens is 1. The maximum atomic E-state index is 6.09. The molecule has 1 aliphatic rings. The summed E-state index contributed by atoms with van der Waals surface area (Å²) < 4.78 is 5.30. The van der Waals surface area contributed by atoms with Crippen LogP contribution in [-0.4, -0.2) is 42.8 Å². The zero-order valence-electron chi connectivity index (χ0n) is 10.5. The molecule has 3 rings (SSSR count). The molecule has 1 aromatic carbocycles. The lowest BCUT2D eigenvalue weighted by Gasteiger charge is -2.26. The quantitative estimate of drug-likeness (QED) is 0.946. The van der Waals surface area contributed by atoms with Crippen LogP contribution in [0.25, 0.3) is 11.0 Å². The van der Waals surface area contributed by atoms with Crippen molar-refractivity contribution in [2.75, 3.05) is 32.7 Å². The number of hydrogen-bond acceptors (Lipinski definition) is 4. The fraction of sp³-hybridized carbons (Fsp3) is 0.462. The van der Waals surface area contributed by atoms with Gasteiger partial charge >= 0.3 is 0 Å². The summed E-state index contributed by atoms with van der Waals surface area (Å²) in [4.78, 5) is 2.42. The number of hydrogen-bond donors (Lipinski definition) is 1. The van der Waals surface area contributed by atoms with Crippen LogP contribution in [0.4, 0.5) is 0 Å². The topological polar surface area (TPSA) is 41.3 Å². The first-order chi connectivity index (χ1) is 9.24. The van der Waals surface area contributed by atoms with Crippen LogP contribution in [0, 0.1) is 0 Å². The Morgan fingerprint density at radius 3 is 2.84 bits per heavy atom. The Hall–Kier alpha value is -0.810. The van der Waals surface area contributed by atoms with Crippen LogP contribution in [-0.2, 0) is 6.42 Å². The molecule has 0 amide bonds. The number of benzene rings is 1. The minimum atomic E-state index is 0.517. The van der Waals surface area contributed by atoms with E-state index in [9.17, 15) is 0 Å². The van der Waals surface area contributed by atoms with Crippen LogP contribution < -0.4 is 5.32 Å². The normalized spacial score (nSPS) is 17.2. The van der Waals surface area contributed by atoms with Gasteiger partial charge in [-0.2, -0.15) is 0 Å². The SMILES string of the molecule is Clc1cc(Cl)c2onc(CCN3CCNCC3)c2c1. The first-order valence-corrected chi connectivity index (χ1v) is 7.16. The summed E-state index contributed by atoms with van der Waals surface area (Å²) in [6, 6.07) is 3.54. The van der Waals surface area contributed by atoms with Crippen molar-refractivity contribution in [3.63, 3.8) is 0 Å². The fourth-order valence-corrected chi connectivity index (χ4v) is 2.92. The van der Waals surface area contributed by atoms with Crippen LogP contribution in [0.2, 0.25) is 10.0 Å². The zero-order chi connectivity index (χ0) is 13.2. The molecule has 1 fully saturated rings. The Labute approximate surface area is 121 Å². The van der Waals surface area contributed by atoms with Gasteiger partial charge in [-0.3, -0.25) is 0 Å². The maximum Gasteiger partial charge on any atom is 0.185 e. The van der Waals surface area contributed by atoms with E-state index in [4.69, 9.17) is 27.7 Å². The van der Waals surface area contributed by atoms with E-state index in [-0.39, 0.29) is 0 Å². The smallest absolute Gasteiger partial charge is 0.185 e. The zero-order valence-corrected chi connectivity index (χ0v) is 12.0. The summed E-state index contributed by atoms with van der Waals surface area (Å²) in [5.74, 6) is 0. The van der Waals surface area contributed by atoms with Crippen LogP contribution in [0.3, 0.4) is 0 Å². The molecule has 2 aromatic rings. The van der Waals surface area contributed by atoms with Gasteiger partial charge in [-0.05, 0) is 12.1 Å². The van der Waals surface area contributed by atoms with E-state index in [2.05, 4.69) is 15.4 Å². The number of halogens is 2. The molecule has 0 saturated carbocycles. The number of nitrogens with one attached hydrogen (secondary N) is 1. The third kappa shape index (κ3) is 2.87. The molecule has 102 valence electrons. The average Bonchev–Trinajstić information content (AvgIpc) is 2.81. The number of piperazine rings is 1. The van der Waals surface area contributed by atoms with Crippen LogP contribution in [0.5, 0.6) is 0 Å². The number of fused-ring (bicyclic) bond motifs is 1. The Balaban J connectivity index is 1.77. The van der Waals surface area contributed by atoms with E-state index in [0.29, 0.717) is 15.6 Å². The van der Waals surface area contributed by atoms with Crippen LogP contribution in [0.1, 0.15) is 5.69 Å². The van der Waals surface area contributed by atoms with Gasteiger partial charge in [-0.15, -0.1) is 0 Å². The molecule has 19 heavy (non-hydrogen) atoms. The second kappa shape index (κ2) is 5.67. The van der Waals surface area contributed by atoms with Gasteiger partial charge in [0.05, 0.1) is 10.7 Å². The molecule has 1 aliphatic heterocycles. The second-order valence-corrected chi connectivity index (χ2v) is 5.58. The molecule has 1 saturated heterocycles. The lowest BCUT2D eigenvalue weighted by Crippen LogP contribution is -2.44. The summed E-state index contributed by atoms with van der Waals surface area (Å²) >= 11 is 12.1. The standard InChI is InChI=1S/C13H15Cl2N3O/c14-9-7-10-12(17-19-13(10)11(15)8-9)1-4-18-5-2-16-3-6-18/h7-8,16H,1-6H2. The van der Waals surface area contributed by atoms with E-state index < -0.39 is 0 Å². The number of rotatable bonds is 3. The molecule has 6 heteroatoms. The highest BCUT2D eigenvalue weighted by Crippen LogP contribution is 2.30. The number of nitrogens with zero attached hydrogens (tertiary/aromatic N) is 2. The van der Waals surface area contributed by atoms with Crippen molar-refractivity contribution in [1.29, 1.82) is 0 Å². The van der Waals surface area contributed by atoms with Crippen LogP contribution >= 0.6 is 23.2 Å². The van der Waals surface area contributed by atoms with E-state index in [0.717, 1.165) is 50.2 Å². The minimum Gasteiger partial charge on any atom is -0.354 e. The molecule has 0 unspecified atom stereocenters. The van der Waals surface area contributed by atoms with Crippen molar-refractivity contribution >= 4 is 34.2 Å². The monoisotopic (exact) mass is 299 g/mol. The van der Waals surface area contributed by atoms with Gasteiger partial charge in [0.1, 0.15) is 0 Å². The van der Waals surface area contributed by atoms with Crippen LogP contribution in [0.15, 0.2) is 16.7 Å². The molecular formula is C13H15Cl2N3O. The predicted molar refractivity (Wildman–Crippen MR) is 77.0 cm³/mol. The second-order valence-electron chi connectivity index (χ2n) is 4.74. The highest BCUT2D eigenvalue weighted by Gasteiger charge is 2.15. The van der Waals surface area contributed by atoms with Gasteiger partial charge in [0, 0.05) is 49.6 Å². The largest absolute Gasteiger partial charge is 0.354 e. The average molecular weight is 300 g/mol. The van der Waals surface area contributed by atoms with Crippen molar-refractivity contribution in [1.82, 2.24) is 15.4 Å². The molecule has 0 bridgehead atoms. The summed E-state index contributed by atoms with van der Waals surface area (Å²) in [7, 11) is 0. The first kappa shape index (κ1) is 13.2. The van der Waals surface area contributed by atoms with Crippen molar-refractivity contribution in [3.05, 3.63) is 27.9 Å². The molecule has 0 radical (unpaired) electrons. The van der Waals surface area contributed by atoms with Gasteiger partial charge in [0.2, 0.25) is 0 Å². The Kier molecular flexibility index (Phi) is 3.93. The highest BCUT2D eigenvalue weighted by molar-refractivity contribution is 6.38. The Bertz CT molecular complexity index is 579. The Morgan fingerprint density at radius 2 is 2.05 bits per heavy atom. The van der Waals surface area contributed by atoms with Crippen molar-refractivity contribution in [2.24, 2.45) is 0 Å². The molecule has 1 aromatic heterocycles. The Morgan fingerprint density at radius 1 is 1.26 bits per heavy atom. The van der Waals surface area contributed by atoms with Gasteiger partial charge in [0.25, 0.3) is 0 Å². The molecule has 0 spiro atoms. The fourth-order valence-electron chi connectivity index (χ4n) is 2.40. The van der Waals surface area contributed by atoms with Gasteiger partial charge in [-0.25, -0.2) is 0 Å². The molecule has 0 atom stereocenters. The van der Waals surface area contributed by atoms with E-state index in [1.807, 2.05) is 6.07 Å². The predicted octanol–water partition coefficient (Wildman–Crippen LogP) is 2.58. The lowest BCUT2D eigenvalue weighted by atomic mass is 10.1. The third-order valence-corrected chi connectivity index (χ3v) is 3.94. The van der Waals surface area contributed by atoms with Crippen molar-refractivity contribution in [3.8, 4) is 0 Å². The molecule has 0 aliphatic carbocycles. The molecular weight excluding hydrogens is 285 g/mol. The molecule has 4 nitrogen and oxygen atoms in total. The maximum absolute atomic E-state index is 6.09. The van der Waals surface area contributed by atoms with E-state index in [1.54, 1.807) is 6.07 Å². The minimum absolute atomic E-state index is 0.517. The highest BCUT2D eigenvalue weighted by atomic mass is 35.5. The third-order valence-electron chi connectivity index (χ3n) is 3.44. The van der Waals surface area contributed by atoms with Gasteiger partial charge < -0.3 is 14.7 Å². The van der Waals surface area contributed by atoms with Gasteiger partial charge in [-0.1, -0.05) is 28.4 Å². The van der Waals surface area contributed by atoms with E-state index >= 15 is 0 Å². The molecule has 1 N–H and O–H groups in total. The van der Waals surface area contributed by atoms with Gasteiger partial charge in [0.15, 0.2) is 5.58 Å². The molecule has 2 heterocycles. The lowest BCUT2D eigenvalue weighted by molar-refractivity contribution is 0.242. The van der Waals surface area contributed by atoms with E-state index in [1.165, 1.54) is 0 Å². The summed E-state index contributed by atoms with van der Waals surface area (Å²) in [6.45, 7) is 5.25. The summed E-state index contributed by atoms with van der Waals surface area (Å²) in [5, 5.41) is 9.52. The summed E-state index contributed by atoms with van der Waals surface area (Å²) in [5.41, 5.74) is 1.55. The van der Waals surface area contributed by atoms with Crippen molar-refractivity contribution < 1.29 is 4.52 Å².